The third kappa shape index (κ3) is 2.75. The monoisotopic (exact) mass is 272 g/mol. The first-order valence-electron chi connectivity index (χ1n) is 7.46. The Balaban J connectivity index is 2.46. The lowest BCUT2D eigenvalue weighted by Crippen LogP contribution is -2.17. The lowest BCUT2D eigenvalue weighted by atomic mass is 10.1. The van der Waals surface area contributed by atoms with Gasteiger partial charge in [0.1, 0.15) is 5.69 Å². The van der Waals surface area contributed by atoms with E-state index in [0.717, 1.165) is 30.6 Å². The lowest BCUT2D eigenvalue weighted by molar-refractivity contribution is 0.555. The SMILES string of the molecule is CCc1cccc(-n2nnc(C(CC)NC)c2CC)c1. The van der Waals surface area contributed by atoms with Crippen LogP contribution in [0, 0.1) is 0 Å². The highest BCUT2D eigenvalue weighted by atomic mass is 15.4. The van der Waals surface area contributed by atoms with Gasteiger partial charge in [-0.2, -0.15) is 0 Å². The van der Waals surface area contributed by atoms with Crippen molar-refractivity contribution in [3.63, 3.8) is 0 Å². The Bertz CT molecular complexity index is 555. The zero-order valence-electron chi connectivity index (χ0n) is 12.8. The van der Waals surface area contributed by atoms with E-state index >= 15 is 0 Å². The number of benzene rings is 1. The molecule has 0 aliphatic rings. The normalized spacial score (nSPS) is 12.6. The van der Waals surface area contributed by atoms with Crippen molar-refractivity contribution in [2.45, 2.75) is 46.1 Å². The van der Waals surface area contributed by atoms with E-state index in [0.29, 0.717) is 0 Å². The molecule has 0 saturated heterocycles. The van der Waals surface area contributed by atoms with E-state index in [4.69, 9.17) is 0 Å². The van der Waals surface area contributed by atoms with Crippen LogP contribution in [-0.4, -0.2) is 22.0 Å². The number of aromatic nitrogens is 3. The number of aryl methyl sites for hydroxylation is 1. The number of hydrogen-bond donors (Lipinski definition) is 1. The largest absolute Gasteiger partial charge is 0.312 e. The van der Waals surface area contributed by atoms with E-state index in [1.165, 1.54) is 11.3 Å². The second-order valence-corrected chi connectivity index (χ2v) is 4.96. The predicted octanol–water partition coefficient (Wildman–Crippen LogP) is 3.06. The molecule has 0 radical (unpaired) electrons. The predicted molar refractivity (Wildman–Crippen MR) is 82.2 cm³/mol. The highest BCUT2D eigenvalue weighted by Gasteiger charge is 2.18. The average molecular weight is 272 g/mol. The van der Waals surface area contributed by atoms with Crippen LogP contribution in [0.1, 0.15) is 50.2 Å². The van der Waals surface area contributed by atoms with E-state index in [1.807, 2.05) is 11.7 Å². The summed E-state index contributed by atoms with van der Waals surface area (Å²) in [6.45, 7) is 6.49. The number of hydrogen-bond acceptors (Lipinski definition) is 3. The molecule has 1 atom stereocenters. The maximum absolute atomic E-state index is 4.41. The fraction of sp³-hybridized carbons (Fsp3) is 0.500. The highest BCUT2D eigenvalue weighted by Crippen LogP contribution is 2.21. The van der Waals surface area contributed by atoms with Crippen LogP contribution in [0.5, 0.6) is 0 Å². The van der Waals surface area contributed by atoms with Crippen molar-refractivity contribution in [3.8, 4) is 5.69 Å². The van der Waals surface area contributed by atoms with Crippen molar-refractivity contribution in [3.05, 3.63) is 41.2 Å². The van der Waals surface area contributed by atoms with Crippen LogP contribution in [0.4, 0.5) is 0 Å². The molecule has 0 amide bonds. The summed E-state index contributed by atoms with van der Waals surface area (Å²) in [5.74, 6) is 0. The molecule has 4 nitrogen and oxygen atoms in total. The molecular weight excluding hydrogens is 248 g/mol. The zero-order chi connectivity index (χ0) is 14.5. The van der Waals surface area contributed by atoms with E-state index < -0.39 is 0 Å². The van der Waals surface area contributed by atoms with E-state index in [1.54, 1.807) is 0 Å². The Labute approximate surface area is 121 Å². The van der Waals surface area contributed by atoms with Gasteiger partial charge in [0.2, 0.25) is 0 Å². The van der Waals surface area contributed by atoms with Gasteiger partial charge >= 0.3 is 0 Å². The van der Waals surface area contributed by atoms with Gasteiger partial charge in [0.05, 0.1) is 17.4 Å². The van der Waals surface area contributed by atoms with Gasteiger partial charge in [0.15, 0.2) is 0 Å². The van der Waals surface area contributed by atoms with Crippen molar-refractivity contribution in [2.75, 3.05) is 7.05 Å². The molecule has 2 aromatic rings. The van der Waals surface area contributed by atoms with Gasteiger partial charge in [0, 0.05) is 0 Å². The Kier molecular flexibility index (Phi) is 4.90. The topological polar surface area (TPSA) is 42.7 Å². The van der Waals surface area contributed by atoms with E-state index in [9.17, 15) is 0 Å². The second-order valence-electron chi connectivity index (χ2n) is 4.96. The molecule has 20 heavy (non-hydrogen) atoms. The van der Waals surface area contributed by atoms with Crippen LogP contribution in [0.15, 0.2) is 24.3 Å². The number of rotatable bonds is 6. The quantitative estimate of drug-likeness (QED) is 0.879. The molecule has 1 heterocycles. The van der Waals surface area contributed by atoms with Crippen LogP contribution < -0.4 is 5.32 Å². The van der Waals surface area contributed by atoms with Crippen molar-refractivity contribution in [1.29, 1.82) is 0 Å². The average Bonchev–Trinajstić information content (AvgIpc) is 2.92. The van der Waals surface area contributed by atoms with Crippen LogP contribution in [0.3, 0.4) is 0 Å². The van der Waals surface area contributed by atoms with Crippen molar-refractivity contribution in [2.24, 2.45) is 0 Å². The molecule has 1 aromatic heterocycles. The molecule has 0 bridgehead atoms. The minimum atomic E-state index is 0.271. The third-order valence-electron chi connectivity index (χ3n) is 3.78. The summed E-state index contributed by atoms with van der Waals surface area (Å²) in [5.41, 5.74) is 4.69. The highest BCUT2D eigenvalue weighted by molar-refractivity contribution is 5.37. The zero-order valence-corrected chi connectivity index (χ0v) is 12.8. The first-order chi connectivity index (χ1) is 9.74. The molecular formula is C16H24N4. The minimum absolute atomic E-state index is 0.271. The van der Waals surface area contributed by atoms with Gasteiger partial charge < -0.3 is 5.32 Å². The molecule has 1 aromatic carbocycles. The fourth-order valence-corrected chi connectivity index (χ4v) is 2.56. The standard InChI is InChI=1S/C16H24N4/c1-5-12-9-8-10-13(11-12)20-15(7-3)16(18-19-20)14(6-2)17-4/h8-11,14,17H,5-7H2,1-4H3. The van der Waals surface area contributed by atoms with E-state index in [2.05, 4.69) is 60.7 Å². The van der Waals surface area contributed by atoms with Crippen LogP contribution in [0.25, 0.3) is 5.69 Å². The third-order valence-corrected chi connectivity index (χ3v) is 3.78. The van der Waals surface area contributed by atoms with Gasteiger partial charge in [-0.1, -0.05) is 38.1 Å². The fourth-order valence-electron chi connectivity index (χ4n) is 2.56. The first kappa shape index (κ1) is 14.7. The summed E-state index contributed by atoms with van der Waals surface area (Å²) in [6.07, 6.45) is 2.97. The Hall–Kier alpha value is -1.68. The summed E-state index contributed by atoms with van der Waals surface area (Å²) in [4.78, 5) is 0. The molecule has 0 saturated carbocycles. The van der Waals surface area contributed by atoms with Gasteiger partial charge in [0.25, 0.3) is 0 Å². The van der Waals surface area contributed by atoms with Gasteiger partial charge in [-0.3, -0.25) is 0 Å². The van der Waals surface area contributed by atoms with Crippen molar-refractivity contribution >= 4 is 0 Å². The Morgan fingerprint density at radius 1 is 1.20 bits per heavy atom. The van der Waals surface area contributed by atoms with Crippen LogP contribution in [0.2, 0.25) is 0 Å². The molecule has 0 aliphatic carbocycles. The van der Waals surface area contributed by atoms with E-state index in [-0.39, 0.29) is 6.04 Å². The molecule has 2 rings (SSSR count). The maximum atomic E-state index is 4.41. The van der Waals surface area contributed by atoms with Crippen LogP contribution >= 0.6 is 0 Å². The number of nitrogens with one attached hydrogen (secondary N) is 1. The van der Waals surface area contributed by atoms with Crippen LogP contribution in [-0.2, 0) is 12.8 Å². The summed E-state index contributed by atoms with van der Waals surface area (Å²) in [5, 5.41) is 12.1. The molecule has 1 unspecified atom stereocenters. The summed E-state index contributed by atoms with van der Waals surface area (Å²) >= 11 is 0. The minimum Gasteiger partial charge on any atom is -0.312 e. The molecule has 0 spiro atoms. The van der Waals surface area contributed by atoms with Gasteiger partial charge in [-0.15, -0.1) is 5.10 Å². The molecule has 0 aliphatic heterocycles. The lowest BCUT2D eigenvalue weighted by Gasteiger charge is -2.13. The first-order valence-corrected chi connectivity index (χ1v) is 7.46. The molecule has 4 heteroatoms. The van der Waals surface area contributed by atoms with Crippen molar-refractivity contribution in [1.82, 2.24) is 20.3 Å². The number of nitrogens with zero attached hydrogens (tertiary/aromatic N) is 3. The van der Waals surface area contributed by atoms with Crippen molar-refractivity contribution < 1.29 is 0 Å². The molecule has 108 valence electrons. The molecule has 0 fully saturated rings. The second kappa shape index (κ2) is 6.66. The van der Waals surface area contributed by atoms with Gasteiger partial charge in [-0.05, 0) is 44.0 Å². The summed E-state index contributed by atoms with van der Waals surface area (Å²) < 4.78 is 1.98. The molecule has 1 N–H and O–H groups in total. The smallest absolute Gasteiger partial charge is 0.103 e. The summed E-state index contributed by atoms with van der Waals surface area (Å²) in [7, 11) is 1.98. The Morgan fingerprint density at radius 3 is 2.60 bits per heavy atom. The maximum Gasteiger partial charge on any atom is 0.103 e. The summed E-state index contributed by atoms with van der Waals surface area (Å²) in [6, 6.07) is 8.79. The van der Waals surface area contributed by atoms with Gasteiger partial charge in [-0.25, -0.2) is 4.68 Å². The Morgan fingerprint density at radius 2 is 2.00 bits per heavy atom.